The molecule has 1 aromatic heterocycles. The first-order valence-corrected chi connectivity index (χ1v) is 4.88. The van der Waals surface area contributed by atoms with Crippen molar-refractivity contribution in [3.63, 3.8) is 0 Å². The van der Waals surface area contributed by atoms with E-state index >= 15 is 0 Å². The van der Waals surface area contributed by atoms with Crippen LogP contribution in [0.3, 0.4) is 0 Å². The van der Waals surface area contributed by atoms with Crippen molar-refractivity contribution in [2.45, 2.75) is 4.90 Å². The molecule has 1 aromatic carbocycles. The SMILES string of the molecule is O=Cc1cc2cc(O)sc2cc1S. The molecule has 0 atom stereocenters. The molecule has 2 nitrogen and oxygen atoms in total. The Kier molecular flexibility index (Phi) is 2.01. The maximum absolute atomic E-state index is 10.6. The summed E-state index contributed by atoms with van der Waals surface area (Å²) in [6.07, 6.45) is 0.760. The third-order valence-corrected chi connectivity index (χ3v) is 3.07. The van der Waals surface area contributed by atoms with E-state index in [0.29, 0.717) is 10.5 Å². The fourth-order valence-corrected chi connectivity index (χ4v) is 2.33. The van der Waals surface area contributed by atoms with E-state index in [1.807, 2.05) is 0 Å². The molecule has 0 fully saturated rings. The van der Waals surface area contributed by atoms with E-state index in [2.05, 4.69) is 12.6 Å². The summed E-state index contributed by atoms with van der Waals surface area (Å²) in [7, 11) is 0. The van der Waals surface area contributed by atoms with Gasteiger partial charge in [0, 0.05) is 15.2 Å². The molecule has 0 aliphatic rings. The van der Waals surface area contributed by atoms with Crippen LogP contribution in [0.25, 0.3) is 10.1 Å². The minimum absolute atomic E-state index is 0.255. The Morgan fingerprint density at radius 1 is 1.38 bits per heavy atom. The Morgan fingerprint density at radius 2 is 2.15 bits per heavy atom. The van der Waals surface area contributed by atoms with Gasteiger partial charge in [0.2, 0.25) is 0 Å². The average molecular weight is 210 g/mol. The minimum Gasteiger partial charge on any atom is -0.499 e. The molecule has 0 saturated heterocycles. The molecule has 4 heteroatoms. The number of aldehydes is 1. The summed E-state index contributed by atoms with van der Waals surface area (Å²) in [6, 6.07) is 5.15. The second kappa shape index (κ2) is 3.05. The average Bonchev–Trinajstić information content (AvgIpc) is 2.42. The van der Waals surface area contributed by atoms with Gasteiger partial charge in [-0.15, -0.1) is 12.6 Å². The lowest BCUT2D eigenvalue weighted by Gasteiger charge is -1.95. The number of rotatable bonds is 1. The van der Waals surface area contributed by atoms with Crippen LogP contribution in [0.2, 0.25) is 0 Å². The summed E-state index contributed by atoms with van der Waals surface area (Å²) in [5.41, 5.74) is 0.550. The fraction of sp³-hybridized carbons (Fsp3) is 0. The number of thiophene rings is 1. The number of carbonyl (C=O) groups is 1. The van der Waals surface area contributed by atoms with Gasteiger partial charge in [-0.2, -0.15) is 0 Å². The molecule has 2 aromatic rings. The first kappa shape index (κ1) is 8.59. The lowest BCUT2D eigenvalue weighted by Crippen LogP contribution is -1.80. The third kappa shape index (κ3) is 1.43. The first-order chi connectivity index (χ1) is 6.20. The van der Waals surface area contributed by atoms with Crippen LogP contribution in [-0.4, -0.2) is 11.4 Å². The maximum atomic E-state index is 10.6. The molecule has 0 unspecified atom stereocenters. The summed E-state index contributed by atoms with van der Waals surface area (Å²) in [5, 5.41) is 10.3. The van der Waals surface area contributed by atoms with Crippen molar-refractivity contribution in [1.29, 1.82) is 0 Å². The first-order valence-electron chi connectivity index (χ1n) is 3.61. The third-order valence-electron chi connectivity index (χ3n) is 1.78. The van der Waals surface area contributed by atoms with Crippen molar-refractivity contribution >= 4 is 40.3 Å². The second-order valence-electron chi connectivity index (χ2n) is 2.65. The molecule has 66 valence electrons. The van der Waals surface area contributed by atoms with Crippen LogP contribution in [0.1, 0.15) is 10.4 Å². The molecule has 0 amide bonds. The van der Waals surface area contributed by atoms with Gasteiger partial charge in [0.05, 0.1) is 0 Å². The highest BCUT2D eigenvalue weighted by molar-refractivity contribution is 7.80. The van der Waals surface area contributed by atoms with Gasteiger partial charge in [0.25, 0.3) is 0 Å². The molecule has 0 bridgehead atoms. The van der Waals surface area contributed by atoms with E-state index in [9.17, 15) is 9.90 Å². The predicted molar refractivity (Wildman–Crippen MR) is 56.1 cm³/mol. The molecular weight excluding hydrogens is 204 g/mol. The molecule has 0 spiro atoms. The number of benzene rings is 1. The van der Waals surface area contributed by atoms with Crippen LogP contribution in [-0.2, 0) is 0 Å². The summed E-state index contributed by atoms with van der Waals surface area (Å²) >= 11 is 5.43. The van der Waals surface area contributed by atoms with Gasteiger partial charge in [0.15, 0.2) is 11.3 Å². The molecule has 2 rings (SSSR count). The van der Waals surface area contributed by atoms with Crippen molar-refractivity contribution < 1.29 is 9.90 Å². The Hall–Kier alpha value is -1.00. The van der Waals surface area contributed by atoms with Gasteiger partial charge in [-0.05, 0) is 23.6 Å². The second-order valence-corrected chi connectivity index (χ2v) is 4.20. The van der Waals surface area contributed by atoms with Crippen molar-refractivity contribution in [3.05, 3.63) is 23.8 Å². The van der Waals surface area contributed by atoms with Crippen LogP contribution in [0.5, 0.6) is 5.06 Å². The Morgan fingerprint density at radius 3 is 2.85 bits per heavy atom. The standard InChI is InChI=1S/C9H6O2S2/c10-4-6-1-5-2-9(11)13-8(5)3-7(6)12/h1-4,11-12H. The number of fused-ring (bicyclic) bond motifs is 1. The maximum Gasteiger partial charge on any atom is 0.172 e. The van der Waals surface area contributed by atoms with Crippen LogP contribution >= 0.6 is 24.0 Å². The molecule has 0 aliphatic heterocycles. The van der Waals surface area contributed by atoms with Crippen LogP contribution in [0, 0.1) is 0 Å². The monoisotopic (exact) mass is 210 g/mol. The zero-order chi connectivity index (χ0) is 9.42. The van der Waals surface area contributed by atoms with E-state index in [-0.39, 0.29) is 5.06 Å². The molecule has 1 heterocycles. The molecule has 0 radical (unpaired) electrons. The van der Waals surface area contributed by atoms with Crippen molar-refractivity contribution in [1.82, 2.24) is 0 Å². The van der Waals surface area contributed by atoms with Gasteiger partial charge in [-0.1, -0.05) is 11.3 Å². The molecule has 0 saturated carbocycles. The van der Waals surface area contributed by atoms with Crippen LogP contribution in [0.15, 0.2) is 23.1 Å². The predicted octanol–water partition coefficient (Wildman–Crippen LogP) is 2.71. The molecular formula is C9H6O2S2. The highest BCUT2D eigenvalue weighted by Crippen LogP contribution is 2.33. The summed E-state index contributed by atoms with van der Waals surface area (Å²) in [5.74, 6) is 0. The lowest BCUT2D eigenvalue weighted by atomic mass is 10.2. The topological polar surface area (TPSA) is 37.3 Å². The van der Waals surface area contributed by atoms with Gasteiger partial charge in [-0.25, -0.2) is 0 Å². The normalized spacial score (nSPS) is 10.5. The summed E-state index contributed by atoms with van der Waals surface area (Å²) < 4.78 is 0.938. The Bertz CT molecular complexity index is 474. The minimum atomic E-state index is 0.255. The highest BCUT2D eigenvalue weighted by Gasteiger charge is 2.04. The zero-order valence-corrected chi connectivity index (χ0v) is 8.23. The van der Waals surface area contributed by atoms with Crippen molar-refractivity contribution in [2.75, 3.05) is 0 Å². The van der Waals surface area contributed by atoms with Crippen LogP contribution in [0.4, 0.5) is 0 Å². The molecule has 13 heavy (non-hydrogen) atoms. The Labute approximate surface area is 84.2 Å². The van der Waals surface area contributed by atoms with Gasteiger partial charge in [0.1, 0.15) is 0 Å². The zero-order valence-electron chi connectivity index (χ0n) is 6.52. The van der Waals surface area contributed by atoms with Gasteiger partial charge < -0.3 is 5.11 Å². The highest BCUT2D eigenvalue weighted by atomic mass is 32.1. The van der Waals surface area contributed by atoms with Crippen molar-refractivity contribution in [2.24, 2.45) is 0 Å². The lowest BCUT2D eigenvalue weighted by molar-refractivity contribution is 0.112. The van der Waals surface area contributed by atoms with Gasteiger partial charge in [-0.3, -0.25) is 4.79 Å². The Balaban J connectivity index is 2.79. The molecule has 0 aliphatic carbocycles. The summed E-state index contributed by atoms with van der Waals surface area (Å²) in [4.78, 5) is 11.2. The van der Waals surface area contributed by atoms with E-state index in [0.717, 1.165) is 16.4 Å². The van der Waals surface area contributed by atoms with E-state index < -0.39 is 0 Å². The quantitative estimate of drug-likeness (QED) is 0.561. The smallest absolute Gasteiger partial charge is 0.172 e. The van der Waals surface area contributed by atoms with E-state index in [4.69, 9.17) is 0 Å². The van der Waals surface area contributed by atoms with Crippen molar-refractivity contribution in [3.8, 4) is 5.06 Å². The summed E-state index contributed by atoms with van der Waals surface area (Å²) in [6.45, 7) is 0. The van der Waals surface area contributed by atoms with E-state index in [1.54, 1.807) is 18.2 Å². The van der Waals surface area contributed by atoms with Gasteiger partial charge >= 0.3 is 0 Å². The number of thiol groups is 1. The van der Waals surface area contributed by atoms with E-state index in [1.165, 1.54) is 11.3 Å². The number of carbonyl (C=O) groups excluding carboxylic acids is 1. The number of hydrogen-bond acceptors (Lipinski definition) is 4. The number of aromatic hydroxyl groups is 1. The van der Waals surface area contributed by atoms with Crippen LogP contribution < -0.4 is 0 Å². The largest absolute Gasteiger partial charge is 0.499 e. The number of hydrogen-bond donors (Lipinski definition) is 2. The molecule has 1 N–H and O–H groups in total. The fourth-order valence-electron chi connectivity index (χ4n) is 1.17.